The average Bonchev–Trinajstić information content (AvgIpc) is 2.82. The van der Waals surface area contributed by atoms with Gasteiger partial charge in [0, 0.05) is 18.6 Å². The van der Waals surface area contributed by atoms with Crippen LogP contribution in [-0.4, -0.2) is 26.2 Å². The summed E-state index contributed by atoms with van der Waals surface area (Å²) < 4.78 is 5.15. The molecule has 0 aliphatic carbocycles. The standard InChI is InChI=1S/C13H20N2O/c1-10(15-12-7-8-14-9-12)11-3-5-13(16-2)6-4-11/h3-6,10,12,14-15H,7-9H2,1-2H3/t10-,12?/m1/s1. The molecule has 0 aromatic heterocycles. The molecule has 1 saturated heterocycles. The van der Waals surface area contributed by atoms with E-state index in [4.69, 9.17) is 4.74 Å². The van der Waals surface area contributed by atoms with Gasteiger partial charge in [-0.3, -0.25) is 0 Å². The Hall–Kier alpha value is -1.06. The fraction of sp³-hybridized carbons (Fsp3) is 0.538. The Kier molecular flexibility index (Phi) is 3.80. The van der Waals surface area contributed by atoms with Gasteiger partial charge in [0.05, 0.1) is 7.11 Å². The Labute approximate surface area is 97.2 Å². The normalized spacial score (nSPS) is 22.0. The van der Waals surface area contributed by atoms with Crippen LogP contribution in [0.25, 0.3) is 0 Å². The molecule has 2 N–H and O–H groups in total. The zero-order valence-corrected chi connectivity index (χ0v) is 9.99. The van der Waals surface area contributed by atoms with Gasteiger partial charge < -0.3 is 15.4 Å². The van der Waals surface area contributed by atoms with Crippen LogP contribution >= 0.6 is 0 Å². The summed E-state index contributed by atoms with van der Waals surface area (Å²) in [7, 11) is 1.70. The summed E-state index contributed by atoms with van der Waals surface area (Å²) in [6, 6.07) is 9.28. The minimum absolute atomic E-state index is 0.399. The van der Waals surface area contributed by atoms with Crippen LogP contribution in [0.15, 0.2) is 24.3 Å². The van der Waals surface area contributed by atoms with Crippen LogP contribution in [0.1, 0.15) is 24.9 Å². The van der Waals surface area contributed by atoms with Gasteiger partial charge in [-0.15, -0.1) is 0 Å². The van der Waals surface area contributed by atoms with E-state index in [0.29, 0.717) is 12.1 Å². The van der Waals surface area contributed by atoms with Crippen molar-refractivity contribution < 1.29 is 4.74 Å². The van der Waals surface area contributed by atoms with E-state index in [1.165, 1.54) is 12.0 Å². The van der Waals surface area contributed by atoms with Gasteiger partial charge in [-0.1, -0.05) is 12.1 Å². The molecule has 2 rings (SSSR count). The van der Waals surface area contributed by atoms with Gasteiger partial charge >= 0.3 is 0 Å². The fourth-order valence-electron chi connectivity index (χ4n) is 2.14. The van der Waals surface area contributed by atoms with Crippen LogP contribution in [0, 0.1) is 0 Å². The molecular formula is C13H20N2O. The molecule has 1 aliphatic heterocycles. The van der Waals surface area contributed by atoms with Gasteiger partial charge in [-0.25, -0.2) is 0 Å². The third-order valence-corrected chi connectivity index (χ3v) is 3.16. The summed E-state index contributed by atoms with van der Waals surface area (Å²) in [5.74, 6) is 0.915. The minimum atomic E-state index is 0.399. The molecule has 1 heterocycles. The number of ether oxygens (including phenoxy) is 1. The zero-order valence-electron chi connectivity index (χ0n) is 9.99. The van der Waals surface area contributed by atoms with E-state index in [1.54, 1.807) is 7.11 Å². The van der Waals surface area contributed by atoms with Gasteiger partial charge in [0.15, 0.2) is 0 Å². The van der Waals surface area contributed by atoms with E-state index >= 15 is 0 Å². The Balaban J connectivity index is 1.94. The van der Waals surface area contributed by atoms with Crippen LogP contribution in [0.2, 0.25) is 0 Å². The molecule has 2 atom stereocenters. The largest absolute Gasteiger partial charge is 0.497 e. The van der Waals surface area contributed by atoms with Crippen molar-refractivity contribution in [2.24, 2.45) is 0 Å². The second kappa shape index (κ2) is 5.32. The molecule has 0 saturated carbocycles. The molecule has 1 aliphatic rings. The number of nitrogens with one attached hydrogen (secondary N) is 2. The topological polar surface area (TPSA) is 33.3 Å². The minimum Gasteiger partial charge on any atom is -0.497 e. The van der Waals surface area contributed by atoms with Crippen LogP contribution < -0.4 is 15.4 Å². The first-order valence-corrected chi connectivity index (χ1v) is 5.90. The van der Waals surface area contributed by atoms with E-state index in [0.717, 1.165) is 18.8 Å². The smallest absolute Gasteiger partial charge is 0.118 e. The molecule has 16 heavy (non-hydrogen) atoms. The molecule has 3 heteroatoms. The molecule has 1 aromatic carbocycles. The van der Waals surface area contributed by atoms with Gasteiger partial charge in [-0.2, -0.15) is 0 Å². The highest BCUT2D eigenvalue weighted by atomic mass is 16.5. The van der Waals surface area contributed by atoms with Crippen molar-refractivity contribution in [3.63, 3.8) is 0 Å². The lowest BCUT2D eigenvalue weighted by atomic mass is 10.1. The quantitative estimate of drug-likeness (QED) is 0.810. The predicted molar refractivity (Wildman–Crippen MR) is 65.8 cm³/mol. The summed E-state index contributed by atoms with van der Waals surface area (Å²) in [4.78, 5) is 0. The summed E-state index contributed by atoms with van der Waals surface area (Å²) in [5.41, 5.74) is 1.31. The Morgan fingerprint density at radius 1 is 1.38 bits per heavy atom. The predicted octanol–water partition coefficient (Wildman–Crippen LogP) is 1.71. The van der Waals surface area contributed by atoms with Gasteiger partial charge in [0.25, 0.3) is 0 Å². The highest BCUT2D eigenvalue weighted by Gasteiger charge is 2.16. The van der Waals surface area contributed by atoms with Crippen LogP contribution in [0.3, 0.4) is 0 Å². The molecule has 0 bridgehead atoms. The Bertz CT molecular complexity index is 317. The molecular weight excluding hydrogens is 200 g/mol. The maximum absolute atomic E-state index is 5.15. The summed E-state index contributed by atoms with van der Waals surface area (Å²) in [5, 5.41) is 6.99. The molecule has 3 nitrogen and oxygen atoms in total. The first-order chi connectivity index (χ1) is 7.79. The zero-order chi connectivity index (χ0) is 11.4. The maximum atomic E-state index is 5.15. The average molecular weight is 220 g/mol. The maximum Gasteiger partial charge on any atom is 0.118 e. The second-order valence-corrected chi connectivity index (χ2v) is 4.35. The summed E-state index contributed by atoms with van der Waals surface area (Å²) in [6.45, 7) is 4.42. The molecule has 0 spiro atoms. The number of methoxy groups -OCH3 is 1. The van der Waals surface area contributed by atoms with E-state index in [9.17, 15) is 0 Å². The number of hydrogen-bond acceptors (Lipinski definition) is 3. The molecule has 0 amide bonds. The summed E-state index contributed by atoms with van der Waals surface area (Å²) >= 11 is 0. The molecule has 0 radical (unpaired) electrons. The lowest BCUT2D eigenvalue weighted by Gasteiger charge is -2.19. The van der Waals surface area contributed by atoms with Crippen molar-refractivity contribution in [2.75, 3.05) is 20.2 Å². The van der Waals surface area contributed by atoms with Gasteiger partial charge in [0.1, 0.15) is 5.75 Å². The molecule has 1 fully saturated rings. The van der Waals surface area contributed by atoms with Crippen LogP contribution in [-0.2, 0) is 0 Å². The van der Waals surface area contributed by atoms with Gasteiger partial charge in [-0.05, 0) is 37.6 Å². The van der Waals surface area contributed by atoms with E-state index < -0.39 is 0 Å². The first-order valence-electron chi connectivity index (χ1n) is 5.90. The Morgan fingerprint density at radius 2 is 2.12 bits per heavy atom. The summed E-state index contributed by atoms with van der Waals surface area (Å²) in [6.07, 6.45) is 1.22. The third-order valence-electron chi connectivity index (χ3n) is 3.16. The van der Waals surface area contributed by atoms with Crippen LogP contribution in [0.4, 0.5) is 0 Å². The van der Waals surface area contributed by atoms with Crippen molar-refractivity contribution in [3.05, 3.63) is 29.8 Å². The number of benzene rings is 1. The van der Waals surface area contributed by atoms with Gasteiger partial charge in [0.2, 0.25) is 0 Å². The van der Waals surface area contributed by atoms with E-state index in [-0.39, 0.29) is 0 Å². The van der Waals surface area contributed by atoms with Crippen molar-refractivity contribution in [1.29, 1.82) is 0 Å². The molecule has 88 valence electrons. The number of rotatable bonds is 4. The first kappa shape index (κ1) is 11.4. The monoisotopic (exact) mass is 220 g/mol. The second-order valence-electron chi connectivity index (χ2n) is 4.35. The van der Waals surface area contributed by atoms with Crippen molar-refractivity contribution in [1.82, 2.24) is 10.6 Å². The third kappa shape index (κ3) is 2.74. The van der Waals surface area contributed by atoms with E-state index in [1.807, 2.05) is 12.1 Å². The lowest BCUT2D eigenvalue weighted by Crippen LogP contribution is -2.33. The highest BCUT2D eigenvalue weighted by Crippen LogP contribution is 2.18. The van der Waals surface area contributed by atoms with Crippen LogP contribution in [0.5, 0.6) is 5.75 Å². The van der Waals surface area contributed by atoms with Crippen molar-refractivity contribution >= 4 is 0 Å². The lowest BCUT2D eigenvalue weighted by molar-refractivity contribution is 0.414. The van der Waals surface area contributed by atoms with Crippen molar-refractivity contribution in [2.45, 2.75) is 25.4 Å². The SMILES string of the molecule is COc1ccc([C@@H](C)NC2CCNC2)cc1. The van der Waals surface area contributed by atoms with E-state index in [2.05, 4.69) is 29.7 Å². The molecule has 1 aromatic rings. The molecule has 1 unspecified atom stereocenters. The van der Waals surface area contributed by atoms with Crippen molar-refractivity contribution in [3.8, 4) is 5.75 Å². The Morgan fingerprint density at radius 3 is 2.69 bits per heavy atom. The highest BCUT2D eigenvalue weighted by molar-refractivity contribution is 5.28. The fourth-order valence-corrected chi connectivity index (χ4v) is 2.14. The number of hydrogen-bond donors (Lipinski definition) is 2.